The molecule has 1 aromatic heterocycles. The fourth-order valence-electron chi connectivity index (χ4n) is 0.925. The second-order valence-electron chi connectivity index (χ2n) is 3.23. The number of esters is 1. The molecule has 0 saturated heterocycles. The lowest BCUT2D eigenvalue weighted by Gasteiger charge is -2.04. The molecule has 0 aromatic carbocycles. The molecule has 5 nitrogen and oxygen atoms in total. The number of halogens is 1. The number of nitrogens with zero attached hydrogens (tertiary/aromatic N) is 3. The number of methoxy groups -OCH3 is 1. The summed E-state index contributed by atoms with van der Waals surface area (Å²) in [6, 6.07) is 1.63. The molecular weight excluding hydrogens is 274 g/mol. The molecule has 6 heteroatoms. The standard InChI is InChI=1S/C10H12BrN3O2/c1-14(2)6-13-9-8(11)4-7(5-12-9)10(15)16-3/h4-6H,1-3H3. The van der Waals surface area contributed by atoms with E-state index in [9.17, 15) is 4.79 Å². The second kappa shape index (κ2) is 5.60. The summed E-state index contributed by atoms with van der Waals surface area (Å²) >= 11 is 3.29. The zero-order chi connectivity index (χ0) is 12.1. The van der Waals surface area contributed by atoms with E-state index in [0.29, 0.717) is 15.9 Å². The van der Waals surface area contributed by atoms with Gasteiger partial charge >= 0.3 is 5.97 Å². The van der Waals surface area contributed by atoms with Crippen LogP contribution in [-0.2, 0) is 4.74 Å². The van der Waals surface area contributed by atoms with Gasteiger partial charge in [-0.3, -0.25) is 0 Å². The van der Waals surface area contributed by atoms with Gasteiger partial charge in [0.2, 0.25) is 0 Å². The summed E-state index contributed by atoms with van der Waals surface area (Å²) in [6.45, 7) is 0. The molecule has 0 amide bonds. The third kappa shape index (κ3) is 3.30. The Balaban J connectivity index is 2.96. The van der Waals surface area contributed by atoms with Crippen molar-refractivity contribution in [3.05, 3.63) is 22.3 Å². The Labute approximate surface area is 102 Å². The zero-order valence-electron chi connectivity index (χ0n) is 9.27. The van der Waals surface area contributed by atoms with Crippen molar-refractivity contribution in [1.82, 2.24) is 9.88 Å². The van der Waals surface area contributed by atoms with Gasteiger partial charge in [-0.15, -0.1) is 0 Å². The van der Waals surface area contributed by atoms with Crippen molar-refractivity contribution in [2.45, 2.75) is 0 Å². The second-order valence-corrected chi connectivity index (χ2v) is 4.08. The van der Waals surface area contributed by atoms with Crippen LogP contribution in [0.5, 0.6) is 0 Å². The number of hydrogen-bond donors (Lipinski definition) is 0. The molecule has 0 atom stereocenters. The normalized spacial score (nSPS) is 10.5. The third-order valence-corrected chi connectivity index (χ3v) is 2.24. The highest BCUT2D eigenvalue weighted by Gasteiger charge is 2.08. The topological polar surface area (TPSA) is 54.8 Å². The first kappa shape index (κ1) is 12.6. The lowest BCUT2D eigenvalue weighted by molar-refractivity contribution is 0.0600. The average Bonchev–Trinajstić information content (AvgIpc) is 2.26. The summed E-state index contributed by atoms with van der Waals surface area (Å²) in [5.74, 6) is 0.0951. The van der Waals surface area contributed by atoms with Crippen LogP contribution in [0, 0.1) is 0 Å². The number of ether oxygens (including phenoxy) is 1. The van der Waals surface area contributed by atoms with Crippen molar-refractivity contribution in [2.75, 3.05) is 21.2 Å². The van der Waals surface area contributed by atoms with E-state index in [-0.39, 0.29) is 0 Å². The number of hydrogen-bond acceptors (Lipinski definition) is 4. The highest BCUT2D eigenvalue weighted by molar-refractivity contribution is 9.10. The van der Waals surface area contributed by atoms with E-state index in [2.05, 4.69) is 30.6 Å². The molecule has 0 N–H and O–H groups in total. The van der Waals surface area contributed by atoms with Crippen LogP contribution in [0.4, 0.5) is 5.82 Å². The minimum absolute atomic E-state index is 0.387. The van der Waals surface area contributed by atoms with Crippen LogP contribution in [0.15, 0.2) is 21.7 Å². The maximum Gasteiger partial charge on any atom is 0.339 e. The van der Waals surface area contributed by atoms with Crippen molar-refractivity contribution >= 4 is 34.1 Å². The molecule has 16 heavy (non-hydrogen) atoms. The Morgan fingerprint density at radius 3 is 2.81 bits per heavy atom. The van der Waals surface area contributed by atoms with E-state index >= 15 is 0 Å². The molecule has 0 radical (unpaired) electrons. The maximum atomic E-state index is 11.2. The van der Waals surface area contributed by atoms with Crippen LogP contribution in [0.3, 0.4) is 0 Å². The summed E-state index contributed by atoms with van der Waals surface area (Å²) in [5.41, 5.74) is 0.387. The van der Waals surface area contributed by atoms with Crippen LogP contribution in [0.25, 0.3) is 0 Å². The van der Waals surface area contributed by atoms with Gasteiger partial charge < -0.3 is 9.64 Å². The minimum atomic E-state index is -0.420. The molecule has 1 rings (SSSR count). The largest absolute Gasteiger partial charge is 0.465 e. The summed E-state index contributed by atoms with van der Waals surface area (Å²) in [5, 5.41) is 0. The number of pyridine rings is 1. The molecule has 1 heterocycles. The fraction of sp³-hybridized carbons (Fsp3) is 0.300. The van der Waals surface area contributed by atoms with Crippen molar-refractivity contribution < 1.29 is 9.53 Å². The summed E-state index contributed by atoms with van der Waals surface area (Å²) < 4.78 is 5.23. The van der Waals surface area contributed by atoms with Gasteiger partial charge in [0.15, 0.2) is 5.82 Å². The Bertz CT molecular complexity index is 419. The fourth-order valence-corrected chi connectivity index (χ4v) is 1.38. The van der Waals surface area contributed by atoms with Gasteiger partial charge in [0.1, 0.15) is 0 Å². The highest BCUT2D eigenvalue weighted by Crippen LogP contribution is 2.23. The van der Waals surface area contributed by atoms with Gasteiger partial charge in [0, 0.05) is 20.3 Å². The van der Waals surface area contributed by atoms with Crippen LogP contribution < -0.4 is 0 Å². The molecule has 1 aromatic rings. The van der Waals surface area contributed by atoms with E-state index in [1.54, 1.807) is 17.3 Å². The van der Waals surface area contributed by atoms with Crippen molar-refractivity contribution in [2.24, 2.45) is 4.99 Å². The molecular formula is C10H12BrN3O2. The first-order valence-electron chi connectivity index (χ1n) is 4.49. The van der Waals surface area contributed by atoms with Crippen molar-refractivity contribution in [3.8, 4) is 0 Å². The Hall–Kier alpha value is -1.43. The molecule has 0 unspecified atom stereocenters. The van der Waals surface area contributed by atoms with E-state index in [1.165, 1.54) is 13.3 Å². The summed E-state index contributed by atoms with van der Waals surface area (Å²) in [4.78, 5) is 21.2. The number of aliphatic imine (C=N–C) groups is 1. The van der Waals surface area contributed by atoms with Gasteiger partial charge in [-0.1, -0.05) is 0 Å². The molecule has 0 aliphatic carbocycles. The quantitative estimate of drug-likeness (QED) is 0.483. The van der Waals surface area contributed by atoms with Gasteiger partial charge in [-0.2, -0.15) is 0 Å². The summed E-state index contributed by atoms with van der Waals surface area (Å²) in [6.07, 6.45) is 3.06. The Kier molecular flexibility index (Phi) is 4.42. The van der Waals surface area contributed by atoms with Crippen molar-refractivity contribution in [3.63, 3.8) is 0 Å². The van der Waals surface area contributed by atoms with Gasteiger partial charge in [-0.05, 0) is 22.0 Å². The van der Waals surface area contributed by atoms with E-state index in [1.807, 2.05) is 14.1 Å². The van der Waals surface area contributed by atoms with Gasteiger partial charge in [0.05, 0.1) is 23.5 Å². The van der Waals surface area contributed by atoms with E-state index in [4.69, 9.17) is 0 Å². The number of carbonyl (C=O) groups excluding carboxylic acids is 1. The summed E-state index contributed by atoms with van der Waals surface area (Å²) in [7, 11) is 5.05. The third-order valence-electron chi connectivity index (χ3n) is 1.65. The van der Waals surface area contributed by atoms with Crippen LogP contribution >= 0.6 is 15.9 Å². The predicted octanol–water partition coefficient (Wildman–Crippen LogP) is 1.85. The average molecular weight is 286 g/mol. The molecule has 0 spiro atoms. The monoisotopic (exact) mass is 285 g/mol. The molecule has 0 aliphatic rings. The SMILES string of the molecule is COC(=O)c1cnc(N=CN(C)C)c(Br)c1. The predicted molar refractivity (Wildman–Crippen MR) is 65.1 cm³/mol. The van der Waals surface area contributed by atoms with Crippen LogP contribution in [0.1, 0.15) is 10.4 Å². The van der Waals surface area contributed by atoms with Gasteiger partial charge in [0.25, 0.3) is 0 Å². The smallest absolute Gasteiger partial charge is 0.339 e. The Morgan fingerprint density at radius 1 is 1.62 bits per heavy atom. The highest BCUT2D eigenvalue weighted by atomic mass is 79.9. The zero-order valence-corrected chi connectivity index (χ0v) is 10.9. The number of rotatable bonds is 3. The van der Waals surface area contributed by atoms with Crippen LogP contribution in [0.2, 0.25) is 0 Å². The van der Waals surface area contributed by atoms with Gasteiger partial charge in [-0.25, -0.2) is 14.8 Å². The molecule has 0 saturated carbocycles. The number of aromatic nitrogens is 1. The van der Waals surface area contributed by atoms with E-state index < -0.39 is 5.97 Å². The Morgan fingerprint density at radius 2 is 2.31 bits per heavy atom. The van der Waals surface area contributed by atoms with Crippen LogP contribution in [-0.4, -0.2) is 43.4 Å². The first-order valence-corrected chi connectivity index (χ1v) is 5.28. The van der Waals surface area contributed by atoms with E-state index in [0.717, 1.165) is 0 Å². The van der Waals surface area contributed by atoms with Crippen molar-refractivity contribution in [1.29, 1.82) is 0 Å². The number of carbonyl (C=O) groups is 1. The minimum Gasteiger partial charge on any atom is -0.465 e. The molecule has 0 aliphatic heterocycles. The lowest BCUT2D eigenvalue weighted by atomic mass is 10.3. The lowest BCUT2D eigenvalue weighted by Crippen LogP contribution is -2.07. The maximum absolute atomic E-state index is 11.2. The first-order chi connectivity index (χ1) is 7.54. The molecule has 86 valence electrons. The molecule has 0 fully saturated rings. The molecule has 0 bridgehead atoms.